The van der Waals surface area contributed by atoms with Crippen molar-refractivity contribution < 1.29 is 14.6 Å². The molecule has 1 saturated heterocycles. The third kappa shape index (κ3) is 3.34. The molecule has 132 valence electrons. The number of hydrogen-bond donors (Lipinski definition) is 2. The maximum Gasteiger partial charge on any atom is 0.338 e. The van der Waals surface area contributed by atoms with Crippen LogP contribution in [-0.2, 0) is 11.3 Å². The quantitative estimate of drug-likeness (QED) is 0.826. The molecule has 0 saturated carbocycles. The van der Waals surface area contributed by atoms with Gasteiger partial charge < -0.3 is 20.5 Å². The van der Waals surface area contributed by atoms with Gasteiger partial charge in [-0.05, 0) is 63.3 Å². The molecule has 1 fully saturated rings. The third-order valence-corrected chi connectivity index (χ3v) is 5.56. The van der Waals surface area contributed by atoms with Gasteiger partial charge in [0.05, 0.1) is 11.7 Å². The molecule has 24 heavy (non-hydrogen) atoms. The average Bonchev–Trinajstić information content (AvgIpc) is 2.89. The lowest BCUT2D eigenvalue weighted by molar-refractivity contribution is 0.0535. The van der Waals surface area contributed by atoms with Gasteiger partial charge in [-0.2, -0.15) is 0 Å². The highest BCUT2D eigenvalue weighted by Crippen LogP contribution is 2.31. The van der Waals surface area contributed by atoms with Crippen LogP contribution in [0, 0.1) is 12.8 Å². The fourth-order valence-electron chi connectivity index (χ4n) is 3.90. The van der Waals surface area contributed by atoms with E-state index < -0.39 is 6.10 Å². The summed E-state index contributed by atoms with van der Waals surface area (Å²) in [6.07, 6.45) is 1.70. The lowest BCUT2D eigenvalue weighted by atomic mass is 9.82. The van der Waals surface area contributed by atoms with Gasteiger partial charge in [0.25, 0.3) is 0 Å². The molecule has 2 atom stereocenters. The predicted octanol–water partition coefficient (Wildman–Crippen LogP) is 2.15. The van der Waals surface area contributed by atoms with Gasteiger partial charge in [0.15, 0.2) is 0 Å². The lowest BCUT2D eigenvalue weighted by Gasteiger charge is -2.40. The van der Waals surface area contributed by atoms with E-state index in [4.69, 9.17) is 10.5 Å². The molecule has 0 spiro atoms. The van der Waals surface area contributed by atoms with Crippen molar-refractivity contribution >= 4 is 5.97 Å². The molecule has 5 heteroatoms. The molecule has 1 aromatic rings. The van der Waals surface area contributed by atoms with E-state index in [1.54, 1.807) is 6.07 Å². The minimum Gasteiger partial charge on any atom is -0.457 e. The Kier molecular flexibility index (Phi) is 4.69. The van der Waals surface area contributed by atoms with Crippen LogP contribution < -0.4 is 5.73 Å². The molecule has 2 heterocycles. The molecule has 1 aromatic carbocycles. The van der Waals surface area contributed by atoms with Crippen molar-refractivity contribution in [3.8, 4) is 0 Å². The molecule has 0 bridgehead atoms. The van der Waals surface area contributed by atoms with Crippen LogP contribution in [0.25, 0.3) is 0 Å². The Hall–Kier alpha value is -1.43. The maximum atomic E-state index is 11.6. The molecule has 2 aliphatic rings. The molecule has 0 aromatic heterocycles. The average molecular weight is 332 g/mol. The van der Waals surface area contributed by atoms with Crippen molar-refractivity contribution in [1.29, 1.82) is 0 Å². The Morgan fingerprint density at radius 1 is 1.46 bits per heavy atom. The number of esters is 1. The predicted molar refractivity (Wildman–Crippen MR) is 92.7 cm³/mol. The third-order valence-electron chi connectivity index (χ3n) is 5.56. The van der Waals surface area contributed by atoms with E-state index >= 15 is 0 Å². The first-order valence-electron chi connectivity index (χ1n) is 8.76. The summed E-state index contributed by atoms with van der Waals surface area (Å²) in [6.45, 7) is 8.95. The Labute approximate surface area is 143 Å². The zero-order valence-electron chi connectivity index (χ0n) is 14.8. The van der Waals surface area contributed by atoms with Gasteiger partial charge in [-0.3, -0.25) is 0 Å². The Morgan fingerprint density at radius 3 is 2.92 bits per heavy atom. The fourth-order valence-corrected chi connectivity index (χ4v) is 3.90. The van der Waals surface area contributed by atoms with Crippen LogP contribution in [0.3, 0.4) is 0 Å². The van der Waals surface area contributed by atoms with E-state index in [0.29, 0.717) is 24.6 Å². The van der Waals surface area contributed by atoms with Crippen LogP contribution in [0.2, 0.25) is 0 Å². The molecular weight excluding hydrogens is 304 g/mol. The van der Waals surface area contributed by atoms with Gasteiger partial charge in [0, 0.05) is 24.2 Å². The largest absolute Gasteiger partial charge is 0.457 e. The molecule has 0 radical (unpaired) electrons. The summed E-state index contributed by atoms with van der Waals surface area (Å²) in [6, 6.07) is 3.64. The van der Waals surface area contributed by atoms with Gasteiger partial charge in [-0.15, -0.1) is 0 Å². The van der Waals surface area contributed by atoms with E-state index in [-0.39, 0.29) is 11.5 Å². The number of aliphatic hydroxyl groups excluding tert-OH is 1. The number of rotatable bonds is 4. The van der Waals surface area contributed by atoms with Crippen molar-refractivity contribution in [1.82, 2.24) is 4.90 Å². The SMILES string of the molecule is Cc1c([C@@H](O)CN2CCCC(C(C)(C)N)C2)ccc2c1COC2=O. The van der Waals surface area contributed by atoms with Crippen molar-refractivity contribution in [3.63, 3.8) is 0 Å². The number of nitrogens with two attached hydrogens (primary N) is 1. The zero-order chi connectivity index (χ0) is 17.5. The monoisotopic (exact) mass is 332 g/mol. The second kappa shape index (κ2) is 6.47. The van der Waals surface area contributed by atoms with E-state index in [1.165, 1.54) is 0 Å². The normalized spacial score (nSPS) is 23.0. The van der Waals surface area contributed by atoms with Crippen LogP contribution in [0.4, 0.5) is 0 Å². The summed E-state index contributed by atoms with van der Waals surface area (Å²) in [5.74, 6) is 0.184. The Bertz CT molecular complexity index is 636. The van der Waals surface area contributed by atoms with Gasteiger partial charge in [-0.1, -0.05) is 6.07 Å². The number of aliphatic hydroxyl groups is 1. The standard InChI is InChI=1S/C19H28N2O3/c1-12-14(6-7-15-16(12)11-24-18(15)23)17(22)10-21-8-4-5-13(9-21)19(2,3)20/h6-7,13,17,22H,4-5,8-11,20H2,1-3H3/t13?,17-/m0/s1. The Morgan fingerprint density at radius 2 is 2.21 bits per heavy atom. The number of carbonyl (C=O) groups excluding carboxylic acids is 1. The lowest BCUT2D eigenvalue weighted by Crippen LogP contribution is -2.50. The molecule has 0 amide bonds. The number of fused-ring (bicyclic) bond motifs is 1. The highest BCUT2D eigenvalue weighted by molar-refractivity contribution is 5.93. The molecular formula is C19H28N2O3. The molecule has 0 aliphatic carbocycles. The smallest absolute Gasteiger partial charge is 0.338 e. The number of likely N-dealkylation sites (tertiary alicyclic amines) is 1. The summed E-state index contributed by atoms with van der Waals surface area (Å²) in [5.41, 5.74) is 9.49. The summed E-state index contributed by atoms with van der Waals surface area (Å²) in [4.78, 5) is 13.9. The van der Waals surface area contributed by atoms with Crippen molar-refractivity contribution in [3.05, 3.63) is 34.4 Å². The van der Waals surface area contributed by atoms with Gasteiger partial charge in [-0.25, -0.2) is 4.79 Å². The Balaban J connectivity index is 1.72. The number of nitrogens with zero attached hydrogens (tertiary/aromatic N) is 1. The molecule has 5 nitrogen and oxygen atoms in total. The number of piperidine rings is 1. The van der Waals surface area contributed by atoms with Gasteiger partial charge >= 0.3 is 5.97 Å². The van der Waals surface area contributed by atoms with E-state index in [1.807, 2.05) is 13.0 Å². The van der Waals surface area contributed by atoms with Crippen molar-refractivity contribution in [2.75, 3.05) is 19.6 Å². The molecule has 1 unspecified atom stereocenters. The van der Waals surface area contributed by atoms with Gasteiger partial charge in [0.2, 0.25) is 0 Å². The number of benzene rings is 1. The molecule has 3 rings (SSSR count). The van der Waals surface area contributed by atoms with E-state index in [9.17, 15) is 9.90 Å². The van der Waals surface area contributed by atoms with Crippen LogP contribution >= 0.6 is 0 Å². The van der Waals surface area contributed by atoms with Crippen LogP contribution in [0.1, 0.15) is 59.8 Å². The second-order valence-electron chi connectivity index (χ2n) is 7.82. The molecule has 2 aliphatic heterocycles. The number of β-amino-alcohol motifs (C(OH)–C–C–N with tert-alkyl or cyclic N) is 1. The highest BCUT2D eigenvalue weighted by atomic mass is 16.5. The molecule has 3 N–H and O–H groups in total. The van der Waals surface area contributed by atoms with Crippen molar-refractivity contribution in [2.45, 2.75) is 51.9 Å². The number of hydrogen-bond acceptors (Lipinski definition) is 5. The van der Waals surface area contributed by atoms with Crippen LogP contribution in [0.5, 0.6) is 0 Å². The highest BCUT2D eigenvalue weighted by Gasteiger charge is 2.31. The summed E-state index contributed by atoms with van der Waals surface area (Å²) in [7, 11) is 0. The summed E-state index contributed by atoms with van der Waals surface area (Å²) >= 11 is 0. The van der Waals surface area contributed by atoms with E-state index in [2.05, 4.69) is 18.7 Å². The number of ether oxygens (including phenoxy) is 1. The van der Waals surface area contributed by atoms with Crippen molar-refractivity contribution in [2.24, 2.45) is 11.7 Å². The topological polar surface area (TPSA) is 75.8 Å². The first-order chi connectivity index (χ1) is 11.3. The first-order valence-corrected chi connectivity index (χ1v) is 8.76. The summed E-state index contributed by atoms with van der Waals surface area (Å²) < 4.78 is 5.10. The van der Waals surface area contributed by atoms with E-state index in [0.717, 1.165) is 42.6 Å². The minimum absolute atomic E-state index is 0.190. The zero-order valence-corrected chi connectivity index (χ0v) is 14.8. The van der Waals surface area contributed by atoms with Crippen LogP contribution in [-0.4, -0.2) is 41.1 Å². The maximum absolute atomic E-state index is 11.6. The summed E-state index contributed by atoms with van der Waals surface area (Å²) in [5, 5.41) is 10.7. The number of carbonyl (C=O) groups is 1. The minimum atomic E-state index is -0.564. The van der Waals surface area contributed by atoms with Crippen LogP contribution in [0.15, 0.2) is 12.1 Å². The fraction of sp³-hybridized carbons (Fsp3) is 0.632. The van der Waals surface area contributed by atoms with Gasteiger partial charge in [0.1, 0.15) is 6.61 Å². The second-order valence-corrected chi connectivity index (χ2v) is 7.82. The first kappa shape index (κ1) is 17.4. The number of cyclic esters (lactones) is 1.